The molecule has 3 heteroatoms. The average Bonchev–Trinajstić information content (AvgIpc) is 2.67. The van der Waals surface area contributed by atoms with Gasteiger partial charge in [0, 0.05) is 12.2 Å². The largest absolute Gasteiger partial charge is 0.468 e. The molecule has 0 unspecified atom stereocenters. The minimum atomic E-state index is 0.431. The lowest BCUT2D eigenvalue weighted by Crippen LogP contribution is -1.90. The third-order valence-corrected chi connectivity index (χ3v) is 1.96. The SMILES string of the molecule is CCOC=O.c1ccc2c(c1)CCN2. The molecule has 1 aliphatic rings. The first kappa shape index (κ1) is 10.6. The Morgan fingerprint density at radius 3 is 2.86 bits per heavy atom. The van der Waals surface area contributed by atoms with E-state index in [2.05, 4.69) is 34.3 Å². The van der Waals surface area contributed by atoms with Gasteiger partial charge in [-0.15, -0.1) is 0 Å². The highest BCUT2D eigenvalue weighted by Gasteiger charge is 2.05. The van der Waals surface area contributed by atoms with Crippen molar-refractivity contribution < 1.29 is 9.53 Å². The maximum atomic E-state index is 9.18. The second-order valence-corrected chi connectivity index (χ2v) is 2.89. The summed E-state index contributed by atoms with van der Waals surface area (Å²) in [6.45, 7) is 3.78. The van der Waals surface area contributed by atoms with Gasteiger partial charge >= 0.3 is 0 Å². The van der Waals surface area contributed by atoms with Crippen LogP contribution in [0, 0.1) is 0 Å². The van der Waals surface area contributed by atoms with Crippen molar-refractivity contribution in [3.8, 4) is 0 Å². The summed E-state index contributed by atoms with van der Waals surface area (Å²) in [4.78, 5) is 9.18. The van der Waals surface area contributed by atoms with Gasteiger partial charge in [-0.3, -0.25) is 4.79 Å². The van der Waals surface area contributed by atoms with Crippen molar-refractivity contribution in [2.24, 2.45) is 0 Å². The van der Waals surface area contributed by atoms with Gasteiger partial charge in [0.2, 0.25) is 0 Å². The third kappa shape index (κ3) is 3.09. The van der Waals surface area contributed by atoms with Crippen LogP contribution < -0.4 is 5.32 Å². The van der Waals surface area contributed by atoms with Crippen LogP contribution in [0.2, 0.25) is 0 Å². The summed E-state index contributed by atoms with van der Waals surface area (Å²) in [7, 11) is 0. The summed E-state index contributed by atoms with van der Waals surface area (Å²) in [5.74, 6) is 0. The summed E-state index contributed by atoms with van der Waals surface area (Å²) >= 11 is 0. The van der Waals surface area contributed by atoms with Crippen LogP contribution >= 0.6 is 0 Å². The first-order valence-electron chi connectivity index (χ1n) is 4.75. The van der Waals surface area contributed by atoms with Gasteiger partial charge in [0.25, 0.3) is 6.47 Å². The molecule has 1 aromatic carbocycles. The van der Waals surface area contributed by atoms with E-state index in [-0.39, 0.29) is 0 Å². The van der Waals surface area contributed by atoms with Gasteiger partial charge in [-0.1, -0.05) is 18.2 Å². The van der Waals surface area contributed by atoms with Crippen molar-refractivity contribution in [1.82, 2.24) is 0 Å². The number of hydrogen-bond donors (Lipinski definition) is 1. The van der Waals surface area contributed by atoms with Crippen LogP contribution in [0.25, 0.3) is 0 Å². The molecule has 1 N–H and O–H groups in total. The number of hydrogen-bond acceptors (Lipinski definition) is 3. The molecule has 76 valence electrons. The number of fused-ring (bicyclic) bond motifs is 1. The van der Waals surface area contributed by atoms with Crippen LogP contribution in [0.4, 0.5) is 5.69 Å². The van der Waals surface area contributed by atoms with E-state index < -0.39 is 0 Å². The molecule has 0 saturated heterocycles. The third-order valence-electron chi connectivity index (χ3n) is 1.96. The van der Waals surface area contributed by atoms with Gasteiger partial charge in [0.1, 0.15) is 0 Å². The van der Waals surface area contributed by atoms with Crippen molar-refractivity contribution in [3.05, 3.63) is 29.8 Å². The molecule has 1 aromatic rings. The van der Waals surface area contributed by atoms with Gasteiger partial charge in [-0.2, -0.15) is 0 Å². The number of carbonyl (C=O) groups excluding carboxylic acids is 1. The monoisotopic (exact) mass is 193 g/mol. The van der Waals surface area contributed by atoms with Gasteiger partial charge in [0.15, 0.2) is 0 Å². The fraction of sp³-hybridized carbons (Fsp3) is 0.364. The minimum Gasteiger partial charge on any atom is -0.468 e. The van der Waals surface area contributed by atoms with Crippen molar-refractivity contribution in [2.45, 2.75) is 13.3 Å². The Hall–Kier alpha value is -1.51. The lowest BCUT2D eigenvalue weighted by Gasteiger charge is -1.94. The smallest absolute Gasteiger partial charge is 0.293 e. The molecular weight excluding hydrogens is 178 g/mol. The van der Waals surface area contributed by atoms with Crippen LogP contribution in [0.1, 0.15) is 12.5 Å². The van der Waals surface area contributed by atoms with Crippen molar-refractivity contribution in [1.29, 1.82) is 0 Å². The minimum absolute atomic E-state index is 0.431. The fourth-order valence-corrected chi connectivity index (χ4v) is 1.31. The number of anilines is 1. The molecule has 0 bridgehead atoms. The Morgan fingerprint density at radius 1 is 1.50 bits per heavy atom. The zero-order valence-electron chi connectivity index (χ0n) is 8.32. The number of ether oxygens (including phenoxy) is 1. The molecule has 0 spiro atoms. The molecule has 3 nitrogen and oxygen atoms in total. The molecule has 0 saturated carbocycles. The maximum absolute atomic E-state index is 9.18. The molecule has 1 heterocycles. The number of nitrogens with one attached hydrogen (secondary N) is 1. The Bertz CT molecular complexity index is 263. The molecular formula is C11H15NO2. The van der Waals surface area contributed by atoms with E-state index >= 15 is 0 Å². The summed E-state index contributed by atoms with van der Waals surface area (Å²) in [6.07, 6.45) is 1.19. The molecule has 1 aliphatic heterocycles. The van der Waals surface area contributed by atoms with Crippen LogP contribution in [-0.4, -0.2) is 19.6 Å². The molecule has 0 fully saturated rings. The normalized spacial score (nSPS) is 11.8. The first-order valence-corrected chi connectivity index (χ1v) is 4.75. The Morgan fingerprint density at radius 2 is 2.29 bits per heavy atom. The highest BCUT2D eigenvalue weighted by Crippen LogP contribution is 2.19. The topological polar surface area (TPSA) is 38.3 Å². The lowest BCUT2D eigenvalue weighted by molar-refractivity contribution is -0.128. The molecule has 0 aliphatic carbocycles. The number of benzene rings is 1. The standard InChI is InChI=1S/C8H9N.C3H6O2/c1-2-4-8-7(3-1)5-6-9-8;1-2-5-3-4/h1-4,9H,5-6H2;3H,2H2,1H3. The Balaban J connectivity index is 0.000000171. The molecule has 0 atom stereocenters. The van der Waals surface area contributed by atoms with Gasteiger partial charge < -0.3 is 10.1 Å². The van der Waals surface area contributed by atoms with Crippen molar-refractivity contribution in [2.75, 3.05) is 18.5 Å². The van der Waals surface area contributed by atoms with Crippen molar-refractivity contribution >= 4 is 12.2 Å². The van der Waals surface area contributed by atoms with E-state index in [1.165, 1.54) is 17.7 Å². The van der Waals surface area contributed by atoms with E-state index in [9.17, 15) is 4.79 Å². The van der Waals surface area contributed by atoms with Crippen LogP contribution in [-0.2, 0) is 16.0 Å². The van der Waals surface area contributed by atoms with Crippen LogP contribution in [0.15, 0.2) is 24.3 Å². The lowest BCUT2D eigenvalue weighted by atomic mass is 10.2. The summed E-state index contributed by atoms with van der Waals surface area (Å²) in [5, 5.41) is 3.30. The highest BCUT2D eigenvalue weighted by atomic mass is 16.5. The Kier molecular flexibility index (Phi) is 4.55. The molecule has 0 radical (unpaired) electrons. The zero-order valence-corrected chi connectivity index (χ0v) is 8.32. The molecule has 0 amide bonds. The predicted octanol–water partition coefficient (Wildman–Crippen LogP) is 1.83. The Labute approximate surface area is 84.1 Å². The van der Waals surface area contributed by atoms with Crippen LogP contribution in [0.3, 0.4) is 0 Å². The second-order valence-electron chi connectivity index (χ2n) is 2.89. The fourth-order valence-electron chi connectivity index (χ4n) is 1.31. The predicted molar refractivity (Wildman–Crippen MR) is 56.3 cm³/mol. The first-order chi connectivity index (χ1) is 6.88. The second kappa shape index (κ2) is 6.02. The van der Waals surface area contributed by atoms with E-state index in [4.69, 9.17) is 0 Å². The van der Waals surface area contributed by atoms with Gasteiger partial charge in [-0.25, -0.2) is 0 Å². The van der Waals surface area contributed by atoms with E-state index in [1.54, 1.807) is 6.92 Å². The summed E-state index contributed by atoms with van der Waals surface area (Å²) in [6, 6.07) is 8.46. The van der Waals surface area contributed by atoms with E-state index in [0.29, 0.717) is 13.1 Å². The van der Waals surface area contributed by atoms with Crippen molar-refractivity contribution in [3.63, 3.8) is 0 Å². The number of rotatable bonds is 2. The molecule has 14 heavy (non-hydrogen) atoms. The number of para-hydroxylation sites is 1. The van der Waals surface area contributed by atoms with E-state index in [0.717, 1.165) is 6.54 Å². The molecule has 0 aromatic heterocycles. The van der Waals surface area contributed by atoms with Gasteiger partial charge in [0.05, 0.1) is 6.61 Å². The zero-order chi connectivity index (χ0) is 10.2. The summed E-state index contributed by atoms with van der Waals surface area (Å²) in [5.41, 5.74) is 2.77. The quantitative estimate of drug-likeness (QED) is 0.728. The number of carbonyl (C=O) groups is 1. The average molecular weight is 193 g/mol. The molecule has 2 rings (SSSR count). The maximum Gasteiger partial charge on any atom is 0.293 e. The van der Waals surface area contributed by atoms with Crippen LogP contribution in [0.5, 0.6) is 0 Å². The van der Waals surface area contributed by atoms with Gasteiger partial charge in [-0.05, 0) is 25.0 Å². The highest BCUT2D eigenvalue weighted by molar-refractivity contribution is 5.54. The summed E-state index contributed by atoms with van der Waals surface area (Å²) < 4.78 is 4.15. The van der Waals surface area contributed by atoms with E-state index in [1.807, 2.05) is 0 Å².